The highest BCUT2D eigenvalue weighted by Gasteiger charge is 2.13. The maximum absolute atomic E-state index is 6.34. The minimum atomic E-state index is 0.814. The van der Waals surface area contributed by atoms with Gasteiger partial charge in [-0.25, -0.2) is 0 Å². The van der Waals surface area contributed by atoms with Crippen molar-refractivity contribution in [2.24, 2.45) is 0 Å². The van der Waals surface area contributed by atoms with Crippen molar-refractivity contribution in [2.75, 3.05) is 5.73 Å². The summed E-state index contributed by atoms with van der Waals surface area (Å²) in [5.41, 5.74) is 13.1. The van der Waals surface area contributed by atoms with Crippen molar-refractivity contribution in [3.63, 3.8) is 0 Å². The molecule has 0 saturated heterocycles. The number of hydrogen-bond donors (Lipinski definition) is 1. The van der Waals surface area contributed by atoms with E-state index in [0.29, 0.717) is 0 Å². The number of rotatable bonds is 1. The number of hydrogen-bond acceptors (Lipinski definition) is 1. The summed E-state index contributed by atoms with van der Waals surface area (Å²) < 4.78 is 2.27. The van der Waals surface area contributed by atoms with Crippen LogP contribution in [0.2, 0.25) is 0 Å². The summed E-state index contributed by atoms with van der Waals surface area (Å²) in [6.45, 7) is 4.23. The summed E-state index contributed by atoms with van der Waals surface area (Å²) in [4.78, 5) is 0. The van der Waals surface area contributed by atoms with Crippen LogP contribution in [0.15, 0.2) is 60.7 Å². The van der Waals surface area contributed by atoms with Crippen LogP contribution in [0.1, 0.15) is 11.1 Å². The highest BCUT2D eigenvalue weighted by Crippen LogP contribution is 2.34. The Hall–Kier alpha value is -2.74. The zero-order chi connectivity index (χ0) is 15.3. The predicted molar refractivity (Wildman–Crippen MR) is 94.7 cm³/mol. The van der Waals surface area contributed by atoms with Gasteiger partial charge in [0.25, 0.3) is 0 Å². The van der Waals surface area contributed by atoms with Gasteiger partial charge in [-0.2, -0.15) is 0 Å². The summed E-state index contributed by atoms with van der Waals surface area (Å²) in [5, 5.41) is 2.52. The standard InChI is InChI=1S/C20H18N2/c1-13-11-17(21)20(12-14(13)2)22-18-9-5-3-7-15(18)16-8-4-6-10-19(16)22/h3-12H,21H2,1-2H3. The van der Waals surface area contributed by atoms with Crippen LogP contribution in [0, 0.1) is 13.8 Å². The van der Waals surface area contributed by atoms with Gasteiger partial charge in [-0.05, 0) is 49.2 Å². The highest BCUT2D eigenvalue weighted by molar-refractivity contribution is 6.09. The molecule has 0 saturated carbocycles. The first-order chi connectivity index (χ1) is 10.7. The minimum Gasteiger partial charge on any atom is -0.397 e. The molecule has 0 spiro atoms. The largest absolute Gasteiger partial charge is 0.397 e. The molecule has 22 heavy (non-hydrogen) atoms. The summed E-state index contributed by atoms with van der Waals surface area (Å²) in [6, 6.07) is 21.2. The fraction of sp³-hybridized carbons (Fsp3) is 0.100. The van der Waals surface area contributed by atoms with Gasteiger partial charge in [0, 0.05) is 10.8 Å². The summed E-state index contributed by atoms with van der Waals surface area (Å²) >= 11 is 0. The molecule has 0 atom stereocenters. The first-order valence-electron chi connectivity index (χ1n) is 7.52. The van der Waals surface area contributed by atoms with Crippen molar-refractivity contribution in [3.05, 3.63) is 71.8 Å². The number of aryl methyl sites for hydroxylation is 2. The van der Waals surface area contributed by atoms with Gasteiger partial charge in [0.1, 0.15) is 0 Å². The average Bonchev–Trinajstić information content (AvgIpc) is 2.86. The van der Waals surface area contributed by atoms with Crippen LogP contribution in [-0.2, 0) is 0 Å². The number of fused-ring (bicyclic) bond motifs is 3. The third kappa shape index (κ3) is 1.74. The normalized spacial score (nSPS) is 11.4. The molecule has 2 heteroatoms. The Bertz CT molecular complexity index is 956. The van der Waals surface area contributed by atoms with Crippen molar-refractivity contribution in [1.82, 2.24) is 4.57 Å². The lowest BCUT2D eigenvalue weighted by Crippen LogP contribution is -2.01. The molecule has 4 rings (SSSR count). The molecule has 108 valence electrons. The van der Waals surface area contributed by atoms with Crippen molar-refractivity contribution in [3.8, 4) is 5.69 Å². The third-order valence-corrected chi connectivity index (χ3v) is 4.46. The second-order valence-electron chi connectivity index (χ2n) is 5.86. The van der Waals surface area contributed by atoms with E-state index >= 15 is 0 Å². The van der Waals surface area contributed by atoms with Crippen LogP contribution in [0.4, 0.5) is 5.69 Å². The number of para-hydroxylation sites is 2. The molecule has 0 aliphatic rings. The van der Waals surface area contributed by atoms with Crippen LogP contribution >= 0.6 is 0 Å². The van der Waals surface area contributed by atoms with Crippen LogP contribution < -0.4 is 5.73 Å². The average molecular weight is 286 g/mol. The fourth-order valence-electron chi connectivity index (χ4n) is 3.20. The van der Waals surface area contributed by atoms with E-state index in [2.05, 4.69) is 79.1 Å². The molecule has 4 aromatic rings. The van der Waals surface area contributed by atoms with E-state index < -0.39 is 0 Å². The summed E-state index contributed by atoms with van der Waals surface area (Å²) in [5.74, 6) is 0. The predicted octanol–water partition coefficient (Wildman–Crippen LogP) is 4.98. The first kappa shape index (κ1) is 13.0. The van der Waals surface area contributed by atoms with Crippen molar-refractivity contribution in [1.29, 1.82) is 0 Å². The van der Waals surface area contributed by atoms with E-state index in [0.717, 1.165) is 11.4 Å². The lowest BCUT2D eigenvalue weighted by molar-refractivity contribution is 1.16. The number of nitrogens with two attached hydrogens (primary N) is 1. The second kappa shape index (κ2) is 4.63. The molecule has 0 fully saturated rings. The maximum Gasteiger partial charge on any atom is 0.0694 e. The van der Waals surface area contributed by atoms with Gasteiger partial charge in [0.2, 0.25) is 0 Å². The highest BCUT2D eigenvalue weighted by atomic mass is 15.0. The van der Waals surface area contributed by atoms with Crippen LogP contribution in [0.3, 0.4) is 0 Å². The number of nitrogen functional groups attached to an aromatic ring is 1. The maximum atomic E-state index is 6.34. The van der Waals surface area contributed by atoms with E-state index in [-0.39, 0.29) is 0 Å². The van der Waals surface area contributed by atoms with Gasteiger partial charge < -0.3 is 10.3 Å². The zero-order valence-electron chi connectivity index (χ0n) is 12.8. The summed E-state index contributed by atoms with van der Waals surface area (Å²) in [7, 11) is 0. The Labute approximate surface area is 129 Å². The topological polar surface area (TPSA) is 30.9 Å². The Morgan fingerprint density at radius 2 is 1.23 bits per heavy atom. The Kier molecular flexibility index (Phi) is 2.73. The smallest absolute Gasteiger partial charge is 0.0694 e. The van der Waals surface area contributed by atoms with Crippen LogP contribution in [-0.4, -0.2) is 4.57 Å². The summed E-state index contributed by atoms with van der Waals surface area (Å²) in [6.07, 6.45) is 0. The molecule has 0 aliphatic carbocycles. The lowest BCUT2D eigenvalue weighted by Gasteiger charge is -2.13. The molecule has 0 radical (unpaired) electrons. The Morgan fingerprint density at radius 3 is 1.82 bits per heavy atom. The molecular formula is C20H18N2. The molecule has 1 aromatic heterocycles. The van der Waals surface area contributed by atoms with Crippen LogP contribution in [0.5, 0.6) is 0 Å². The van der Waals surface area contributed by atoms with E-state index in [1.807, 2.05) is 0 Å². The second-order valence-corrected chi connectivity index (χ2v) is 5.86. The van der Waals surface area contributed by atoms with Crippen LogP contribution in [0.25, 0.3) is 27.5 Å². The SMILES string of the molecule is Cc1cc(N)c(-n2c3ccccc3c3ccccc32)cc1C. The van der Waals surface area contributed by atoms with Gasteiger partial charge in [-0.1, -0.05) is 36.4 Å². The number of anilines is 1. The van der Waals surface area contributed by atoms with Crippen molar-refractivity contribution >= 4 is 27.5 Å². The number of aromatic nitrogens is 1. The lowest BCUT2D eigenvalue weighted by atomic mass is 10.1. The monoisotopic (exact) mass is 286 g/mol. The van der Waals surface area contributed by atoms with Crippen molar-refractivity contribution < 1.29 is 0 Å². The molecule has 3 aromatic carbocycles. The molecule has 0 aliphatic heterocycles. The molecule has 2 nitrogen and oxygen atoms in total. The zero-order valence-corrected chi connectivity index (χ0v) is 12.8. The molecule has 0 amide bonds. The number of nitrogens with zero attached hydrogens (tertiary/aromatic N) is 1. The minimum absolute atomic E-state index is 0.814. The van der Waals surface area contributed by atoms with E-state index in [1.54, 1.807) is 0 Å². The first-order valence-corrected chi connectivity index (χ1v) is 7.52. The molecule has 0 unspecified atom stereocenters. The van der Waals surface area contributed by atoms with Gasteiger partial charge in [0.05, 0.1) is 22.4 Å². The quantitative estimate of drug-likeness (QED) is 0.491. The third-order valence-electron chi connectivity index (χ3n) is 4.46. The van der Waals surface area contributed by atoms with Gasteiger partial charge in [0.15, 0.2) is 0 Å². The molecule has 1 heterocycles. The Morgan fingerprint density at radius 1 is 0.727 bits per heavy atom. The number of benzene rings is 3. The van der Waals surface area contributed by atoms with Crippen molar-refractivity contribution in [2.45, 2.75) is 13.8 Å². The fourth-order valence-corrected chi connectivity index (χ4v) is 3.20. The van der Waals surface area contributed by atoms with Gasteiger partial charge >= 0.3 is 0 Å². The molecule has 2 N–H and O–H groups in total. The van der Waals surface area contributed by atoms with E-state index in [1.165, 1.54) is 32.9 Å². The molecular weight excluding hydrogens is 268 g/mol. The van der Waals surface area contributed by atoms with E-state index in [4.69, 9.17) is 5.73 Å². The molecule has 0 bridgehead atoms. The van der Waals surface area contributed by atoms with E-state index in [9.17, 15) is 0 Å². The Balaban J connectivity index is 2.20. The van der Waals surface area contributed by atoms with Gasteiger partial charge in [-0.15, -0.1) is 0 Å². The van der Waals surface area contributed by atoms with Gasteiger partial charge in [-0.3, -0.25) is 0 Å².